The molecule has 4 aromatic rings. The minimum absolute atomic E-state index is 0.0631. The molecule has 0 radical (unpaired) electrons. The molecule has 2 aromatic carbocycles. The van der Waals surface area contributed by atoms with Crippen molar-refractivity contribution >= 4 is 28.3 Å². The van der Waals surface area contributed by atoms with Crippen molar-refractivity contribution in [3.8, 4) is 0 Å². The van der Waals surface area contributed by atoms with Crippen LogP contribution in [0, 0.1) is 6.92 Å². The lowest BCUT2D eigenvalue weighted by Crippen LogP contribution is -2.16. The fraction of sp³-hybridized carbons (Fsp3) is 0.167. The van der Waals surface area contributed by atoms with Crippen molar-refractivity contribution in [2.45, 2.75) is 19.8 Å². The van der Waals surface area contributed by atoms with Gasteiger partial charge in [-0.3, -0.25) is 4.79 Å². The van der Waals surface area contributed by atoms with E-state index in [2.05, 4.69) is 45.0 Å². The Morgan fingerprint density at radius 2 is 1.83 bits per heavy atom. The lowest BCUT2D eigenvalue weighted by atomic mass is 10.1. The number of carbonyl (C=O) groups excluding carboxylic acids is 1. The van der Waals surface area contributed by atoms with Gasteiger partial charge < -0.3 is 15.6 Å². The van der Waals surface area contributed by atoms with Gasteiger partial charge in [0.2, 0.25) is 5.91 Å². The number of H-pyrrole nitrogens is 1. The van der Waals surface area contributed by atoms with Crippen LogP contribution in [0.2, 0.25) is 0 Å². The van der Waals surface area contributed by atoms with Gasteiger partial charge in [-0.25, -0.2) is 4.98 Å². The molecular weight excluding hydrogens is 360 g/mol. The molecule has 0 fully saturated rings. The number of carbonyl (C=O) groups is 1. The Labute approximate surface area is 170 Å². The minimum Gasteiger partial charge on any atom is -0.383 e. The van der Waals surface area contributed by atoms with E-state index in [1.807, 2.05) is 49.4 Å². The predicted molar refractivity (Wildman–Crippen MR) is 118 cm³/mol. The van der Waals surface area contributed by atoms with Gasteiger partial charge in [-0.05, 0) is 48.2 Å². The highest BCUT2D eigenvalue weighted by Gasteiger charge is 2.07. The number of aromatic nitrogens is 2. The van der Waals surface area contributed by atoms with Crippen LogP contribution in [0.4, 0.5) is 11.5 Å². The standard InChI is InChI=1S/C24H24N4O/c1-17-6-2-3-7-18(17)14-24(29)28-23-11-10-20(16-27-23)25-13-12-19-15-26-22-9-5-4-8-21(19)22/h2-11,15-16,25-26H,12-14H2,1H3,(H,27,28,29). The van der Waals surface area contributed by atoms with E-state index in [1.165, 1.54) is 10.9 Å². The third-order valence-corrected chi connectivity index (χ3v) is 5.04. The normalized spacial score (nSPS) is 10.8. The Balaban J connectivity index is 1.29. The van der Waals surface area contributed by atoms with Crippen molar-refractivity contribution in [1.82, 2.24) is 9.97 Å². The number of fused-ring (bicyclic) bond motifs is 1. The van der Waals surface area contributed by atoms with Gasteiger partial charge in [0.1, 0.15) is 5.82 Å². The number of amides is 1. The minimum atomic E-state index is -0.0631. The monoisotopic (exact) mass is 384 g/mol. The first-order valence-electron chi connectivity index (χ1n) is 9.78. The molecule has 0 spiro atoms. The molecule has 0 unspecified atom stereocenters. The van der Waals surface area contributed by atoms with Crippen LogP contribution in [0.25, 0.3) is 10.9 Å². The van der Waals surface area contributed by atoms with Crippen LogP contribution in [0.1, 0.15) is 16.7 Å². The summed E-state index contributed by atoms with van der Waals surface area (Å²) in [6, 6.07) is 20.0. The number of aromatic amines is 1. The van der Waals surface area contributed by atoms with Crippen LogP contribution < -0.4 is 10.6 Å². The molecule has 0 aliphatic carbocycles. The molecule has 3 N–H and O–H groups in total. The molecule has 5 nitrogen and oxygen atoms in total. The molecular formula is C24H24N4O. The van der Waals surface area contributed by atoms with Gasteiger partial charge in [0.05, 0.1) is 18.3 Å². The van der Waals surface area contributed by atoms with E-state index in [4.69, 9.17) is 0 Å². The Morgan fingerprint density at radius 3 is 2.66 bits per heavy atom. The average molecular weight is 384 g/mol. The molecule has 29 heavy (non-hydrogen) atoms. The average Bonchev–Trinajstić information content (AvgIpc) is 3.14. The zero-order valence-electron chi connectivity index (χ0n) is 16.4. The second-order valence-electron chi connectivity index (χ2n) is 7.12. The highest BCUT2D eigenvalue weighted by Crippen LogP contribution is 2.18. The fourth-order valence-corrected chi connectivity index (χ4v) is 3.42. The first-order chi connectivity index (χ1) is 14.2. The van der Waals surface area contributed by atoms with E-state index >= 15 is 0 Å². The van der Waals surface area contributed by atoms with Crippen molar-refractivity contribution in [2.75, 3.05) is 17.2 Å². The number of para-hydroxylation sites is 1. The number of hydrogen-bond donors (Lipinski definition) is 3. The number of benzene rings is 2. The van der Waals surface area contributed by atoms with Crippen LogP contribution in [0.15, 0.2) is 73.1 Å². The third-order valence-electron chi connectivity index (χ3n) is 5.04. The SMILES string of the molecule is Cc1ccccc1CC(=O)Nc1ccc(NCCc2c[nH]c3ccccc23)cn1. The zero-order chi connectivity index (χ0) is 20.1. The van der Waals surface area contributed by atoms with Gasteiger partial charge in [0, 0.05) is 23.6 Å². The van der Waals surface area contributed by atoms with Crippen LogP contribution >= 0.6 is 0 Å². The van der Waals surface area contributed by atoms with E-state index in [-0.39, 0.29) is 5.91 Å². The number of anilines is 2. The van der Waals surface area contributed by atoms with Crippen molar-refractivity contribution in [1.29, 1.82) is 0 Å². The molecule has 0 bridgehead atoms. The summed E-state index contributed by atoms with van der Waals surface area (Å²) in [6.07, 6.45) is 5.08. The Kier molecular flexibility index (Phi) is 5.56. The smallest absolute Gasteiger partial charge is 0.229 e. The maximum atomic E-state index is 12.3. The predicted octanol–water partition coefficient (Wildman–Crippen LogP) is 4.71. The maximum absolute atomic E-state index is 12.3. The molecule has 0 aliphatic heterocycles. The second kappa shape index (κ2) is 8.61. The fourth-order valence-electron chi connectivity index (χ4n) is 3.42. The summed E-state index contributed by atoms with van der Waals surface area (Å²) < 4.78 is 0. The van der Waals surface area contributed by atoms with Gasteiger partial charge >= 0.3 is 0 Å². The number of pyridine rings is 1. The summed E-state index contributed by atoms with van der Waals surface area (Å²) in [5.41, 5.74) is 5.53. The second-order valence-corrected chi connectivity index (χ2v) is 7.12. The molecule has 2 aromatic heterocycles. The lowest BCUT2D eigenvalue weighted by Gasteiger charge is -2.09. The molecule has 2 heterocycles. The Hall–Kier alpha value is -3.60. The van der Waals surface area contributed by atoms with Crippen molar-refractivity contribution in [2.24, 2.45) is 0 Å². The number of nitrogens with one attached hydrogen (secondary N) is 3. The van der Waals surface area contributed by atoms with E-state index in [0.717, 1.165) is 35.3 Å². The molecule has 0 aliphatic rings. The quantitative estimate of drug-likeness (QED) is 0.432. The molecule has 0 saturated heterocycles. The molecule has 0 atom stereocenters. The summed E-state index contributed by atoms with van der Waals surface area (Å²) >= 11 is 0. The van der Waals surface area contributed by atoms with Crippen LogP contribution in [-0.2, 0) is 17.6 Å². The van der Waals surface area contributed by atoms with Gasteiger partial charge in [0.15, 0.2) is 0 Å². The molecule has 146 valence electrons. The van der Waals surface area contributed by atoms with Crippen molar-refractivity contribution < 1.29 is 4.79 Å². The van der Waals surface area contributed by atoms with Crippen molar-refractivity contribution in [3.05, 3.63) is 89.7 Å². The highest BCUT2D eigenvalue weighted by molar-refractivity contribution is 5.91. The number of rotatable bonds is 7. The van der Waals surface area contributed by atoms with E-state index in [9.17, 15) is 4.79 Å². The molecule has 5 heteroatoms. The summed E-state index contributed by atoms with van der Waals surface area (Å²) in [5, 5.41) is 7.51. The summed E-state index contributed by atoms with van der Waals surface area (Å²) in [5.74, 6) is 0.498. The third kappa shape index (κ3) is 4.63. The first-order valence-corrected chi connectivity index (χ1v) is 9.78. The van der Waals surface area contributed by atoms with Gasteiger partial charge in [-0.1, -0.05) is 42.5 Å². The largest absolute Gasteiger partial charge is 0.383 e. The van der Waals surface area contributed by atoms with Crippen molar-refractivity contribution in [3.63, 3.8) is 0 Å². The number of nitrogens with zero attached hydrogens (tertiary/aromatic N) is 1. The van der Waals surface area contributed by atoms with Gasteiger partial charge in [0.25, 0.3) is 0 Å². The number of aryl methyl sites for hydroxylation is 1. The van der Waals surface area contributed by atoms with Crippen LogP contribution in [0.5, 0.6) is 0 Å². The van der Waals surface area contributed by atoms with Gasteiger partial charge in [-0.2, -0.15) is 0 Å². The maximum Gasteiger partial charge on any atom is 0.229 e. The number of hydrogen-bond acceptors (Lipinski definition) is 3. The topological polar surface area (TPSA) is 69.8 Å². The molecule has 0 saturated carbocycles. The summed E-state index contributed by atoms with van der Waals surface area (Å²) in [7, 11) is 0. The zero-order valence-corrected chi connectivity index (χ0v) is 16.4. The lowest BCUT2D eigenvalue weighted by molar-refractivity contribution is -0.115. The highest BCUT2D eigenvalue weighted by atomic mass is 16.1. The Morgan fingerprint density at radius 1 is 1.00 bits per heavy atom. The van der Waals surface area contributed by atoms with Gasteiger partial charge in [-0.15, -0.1) is 0 Å². The summed E-state index contributed by atoms with van der Waals surface area (Å²) in [4.78, 5) is 19.9. The van der Waals surface area contributed by atoms with E-state index in [1.54, 1.807) is 6.20 Å². The Bertz CT molecular complexity index is 1120. The van der Waals surface area contributed by atoms with E-state index in [0.29, 0.717) is 12.2 Å². The van der Waals surface area contributed by atoms with Crippen LogP contribution in [0.3, 0.4) is 0 Å². The molecule has 1 amide bonds. The van der Waals surface area contributed by atoms with E-state index < -0.39 is 0 Å². The van der Waals surface area contributed by atoms with Crippen LogP contribution in [-0.4, -0.2) is 22.4 Å². The first kappa shape index (κ1) is 18.7. The molecule has 4 rings (SSSR count). The summed E-state index contributed by atoms with van der Waals surface area (Å²) in [6.45, 7) is 2.82.